The number of aromatic nitrogens is 1. The van der Waals surface area contributed by atoms with E-state index in [9.17, 15) is 5.11 Å². The fraction of sp³-hybridized carbons (Fsp3) is 0.188. The topological polar surface area (TPSA) is 60.9 Å². The van der Waals surface area contributed by atoms with E-state index in [0.29, 0.717) is 5.84 Å². The van der Waals surface area contributed by atoms with Gasteiger partial charge in [-0.3, -0.25) is 0 Å². The molecule has 0 atom stereocenters. The Bertz CT molecular complexity index is 634. The second-order valence-corrected chi connectivity index (χ2v) is 4.36. The van der Waals surface area contributed by atoms with Crippen molar-refractivity contribution in [1.29, 1.82) is 0 Å². The van der Waals surface area contributed by atoms with Gasteiger partial charge in [-0.05, 0) is 19.1 Å². The molecule has 0 unspecified atom stereocenters. The van der Waals surface area contributed by atoms with Gasteiger partial charge in [0.05, 0.1) is 0 Å². The molecule has 0 N–H and O–H groups in total. The van der Waals surface area contributed by atoms with Gasteiger partial charge in [-0.25, -0.2) is 4.99 Å². The first kappa shape index (κ1) is 14.7. The number of amidine groups is 1. The van der Waals surface area contributed by atoms with Crippen molar-refractivity contribution in [3.05, 3.63) is 66.0 Å². The van der Waals surface area contributed by atoms with E-state index in [1.54, 1.807) is 24.0 Å². The van der Waals surface area contributed by atoms with Crippen molar-refractivity contribution in [1.82, 2.24) is 0 Å². The van der Waals surface area contributed by atoms with E-state index >= 15 is 0 Å². The van der Waals surface area contributed by atoms with Crippen molar-refractivity contribution in [2.75, 3.05) is 6.61 Å². The van der Waals surface area contributed by atoms with Gasteiger partial charge in [0, 0.05) is 22.8 Å². The highest BCUT2D eigenvalue weighted by Gasteiger charge is 2.07. The molecule has 5 heteroatoms. The first-order valence-corrected chi connectivity index (χ1v) is 6.70. The van der Waals surface area contributed by atoms with Crippen molar-refractivity contribution in [3.63, 3.8) is 0 Å². The maximum Gasteiger partial charge on any atom is 0.229 e. The van der Waals surface area contributed by atoms with Gasteiger partial charge in [0.25, 0.3) is 0 Å². The van der Waals surface area contributed by atoms with Crippen molar-refractivity contribution in [2.24, 2.45) is 10.1 Å². The minimum absolute atomic E-state index is 0.280. The Morgan fingerprint density at radius 2 is 1.81 bits per heavy atom. The Labute approximate surface area is 123 Å². The third-order valence-electron chi connectivity index (χ3n) is 2.69. The molecule has 0 aliphatic rings. The van der Waals surface area contributed by atoms with Gasteiger partial charge in [0.2, 0.25) is 18.2 Å². The molecule has 2 aromatic rings. The Kier molecular flexibility index (Phi) is 5.04. The molecule has 1 aromatic heterocycles. The van der Waals surface area contributed by atoms with Crippen LogP contribution in [0, 0.1) is 6.92 Å². The lowest BCUT2D eigenvalue weighted by molar-refractivity contribution is -0.678. The summed E-state index contributed by atoms with van der Waals surface area (Å²) in [6, 6.07) is 13.2. The molecule has 1 aromatic carbocycles. The maximum absolute atomic E-state index is 11.6. The molecule has 0 radical (unpaired) electrons. The van der Waals surface area contributed by atoms with Gasteiger partial charge in [0.1, 0.15) is 0 Å². The predicted octanol–water partition coefficient (Wildman–Crippen LogP) is 1.25. The smallest absolute Gasteiger partial charge is 0.229 e. The van der Waals surface area contributed by atoms with Gasteiger partial charge in [0.15, 0.2) is 6.08 Å². The highest BCUT2D eigenvalue weighted by atomic mass is 16.6. The molecular formula is C16H17N3O2. The summed E-state index contributed by atoms with van der Waals surface area (Å²) >= 11 is 0. The number of aryl methyl sites for hydroxylation is 1. The number of nitrogens with zero attached hydrogens (tertiary/aromatic N) is 3. The Morgan fingerprint density at radius 3 is 2.43 bits per heavy atom. The SMILES string of the molecule is CCOC([O-])=N/C(=N/[n+]1ccc(C)cc1)c1ccccc1. The summed E-state index contributed by atoms with van der Waals surface area (Å²) in [6.45, 7) is 4.01. The third-order valence-corrected chi connectivity index (χ3v) is 2.69. The van der Waals surface area contributed by atoms with E-state index in [-0.39, 0.29) is 6.61 Å². The molecule has 108 valence electrons. The van der Waals surface area contributed by atoms with Gasteiger partial charge >= 0.3 is 0 Å². The van der Waals surface area contributed by atoms with E-state index < -0.39 is 6.08 Å². The monoisotopic (exact) mass is 283 g/mol. The zero-order valence-electron chi connectivity index (χ0n) is 12.1. The van der Waals surface area contributed by atoms with Gasteiger partial charge in [-0.2, -0.15) is 0 Å². The fourth-order valence-corrected chi connectivity index (χ4v) is 1.64. The molecule has 0 saturated carbocycles. The van der Waals surface area contributed by atoms with Crippen LogP contribution in [0.2, 0.25) is 0 Å². The molecule has 0 spiro atoms. The molecule has 5 nitrogen and oxygen atoms in total. The molecule has 0 aliphatic carbocycles. The fourth-order valence-electron chi connectivity index (χ4n) is 1.64. The summed E-state index contributed by atoms with van der Waals surface area (Å²) in [5.41, 5.74) is 1.88. The van der Waals surface area contributed by atoms with E-state index in [2.05, 4.69) is 10.1 Å². The number of pyridine rings is 1. The van der Waals surface area contributed by atoms with Crippen LogP contribution in [0.15, 0.2) is 65.0 Å². The summed E-state index contributed by atoms with van der Waals surface area (Å²) in [5.74, 6) is 0.308. The molecule has 21 heavy (non-hydrogen) atoms. The normalized spacial score (nSPS) is 12.3. The predicted molar refractivity (Wildman–Crippen MR) is 78.8 cm³/mol. The first-order valence-electron chi connectivity index (χ1n) is 6.70. The standard InChI is InChI=1S/C16H17N3O2/c1-3-21-16(20)17-15(14-7-5-4-6-8-14)18-19-11-9-13(2)10-12-19/h4-12H,3H2,1-2H3. The van der Waals surface area contributed by atoms with Crippen LogP contribution >= 0.6 is 0 Å². The number of benzene rings is 1. The lowest BCUT2D eigenvalue weighted by Gasteiger charge is -2.10. The largest absolute Gasteiger partial charge is 0.600 e. The summed E-state index contributed by atoms with van der Waals surface area (Å²) in [5, 5.41) is 16.0. The van der Waals surface area contributed by atoms with Gasteiger partial charge < -0.3 is 9.84 Å². The van der Waals surface area contributed by atoms with Crippen molar-refractivity contribution in [3.8, 4) is 0 Å². The van der Waals surface area contributed by atoms with Crippen LogP contribution in [-0.2, 0) is 4.74 Å². The highest BCUT2D eigenvalue weighted by Crippen LogP contribution is 2.02. The zero-order valence-corrected chi connectivity index (χ0v) is 12.1. The quantitative estimate of drug-likeness (QED) is 0.483. The van der Waals surface area contributed by atoms with Gasteiger partial charge in [-0.1, -0.05) is 41.9 Å². The summed E-state index contributed by atoms with van der Waals surface area (Å²) in [4.78, 5) is 3.92. The highest BCUT2D eigenvalue weighted by molar-refractivity contribution is 6.03. The first-order chi connectivity index (χ1) is 10.2. The van der Waals surface area contributed by atoms with E-state index in [4.69, 9.17) is 4.74 Å². The minimum Gasteiger partial charge on any atom is -0.600 e. The summed E-state index contributed by atoms with van der Waals surface area (Å²) in [7, 11) is 0. The lowest BCUT2D eigenvalue weighted by Crippen LogP contribution is -2.30. The van der Waals surface area contributed by atoms with Crippen molar-refractivity contribution < 1.29 is 14.5 Å². The van der Waals surface area contributed by atoms with Crippen LogP contribution < -0.4 is 9.78 Å². The van der Waals surface area contributed by atoms with Crippen LogP contribution in [0.5, 0.6) is 0 Å². The summed E-state index contributed by atoms with van der Waals surface area (Å²) < 4.78 is 6.46. The third kappa shape index (κ3) is 4.42. The zero-order chi connectivity index (χ0) is 15.1. The number of hydrogen-bond acceptors (Lipinski definition) is 3. The number of hydrogen-bond donors (Lipinski definition) is 0. The van der Waals surface area contributed by atoms with Crippen LogP contribution in [0.3, 0.4) is 0 Å². The molecule has 1 heterocycles. The molecule has 0 bridgehead atoms. The van der Waals surface area contributed by atoms with Gasteiger partial charge in [-0.15, -0.1) is 0 Å². The maximum atomic E-state index is 11.6. The molecule has 0 aliphatic heterocycles. The number of rotatable bonds is 3. The van der Waals surface area contributed by atoms with E-state index in [1.165, 1.54) is 0 Å². The molecule has 0 amide bonds. The minimum atomic E-state index is -0.646. The number of ether oxygens (including phenoxy) is 1. The van der Waals surface area contributed by atoms with Crippen molar-refractivity contribution >= 4 is 11.9 Å². The lowest BCUT2D eigenvalue weighted by atomic mass is 10.2. The molecule has 0 fully saturated rings. The molecular weight excluding hydrogens is 266 g/mol. The Morgan fingerprint density at radius 1 is 1.14 bits per heavy atom. The van der Waals surface area contributed by atoms with Crippen LogP contribution in [0.1, 0.15) is 18.1 Å². The van der Waals surface area contributed by atoms with Crippen molar-refractivity contribution in [2.45, 2.75) is 13.8 Å². The molecule has 0 saturated heterocycles. The summed E-state index contributed by atoms with van der Waals surface area (Å²) in [6.07, 6.45) is 2.96. The Balaban J connectivity index is 2.40. The Hall–Kier alpha value is -2.69. The number of aliphatic imine (C=N–C) groups is 1. The van der Waals surface area contributed by atoms with E-state index in [0.717, 1.165) is 11.1 Å². The molecule has 2 rings (SSSR count). The van der Waals surface area contributed by atoms with Crippen LogP contribution in [0.4, 0.5) is 0 Å². The van der Waals surface area contributed by atoms with Crippen LogP contribution in [0.25, 0.3) is 0 Å². The van der Waals surface area contributed by atoms with E-state index in [1.807, 2.05) is 49.4 Å². The average molecular weight is 283 g/mol. The second-order valence-electron chi connectivity index (χ2n) is 4.36. The van der Waals surface area contributed by atoms with Crippen LogP contribution in [-0.4, -0.2) is 18.5 Å². The second kappa shape index (κ2) is 7.19. The average Bonchev–Trinajstić information content (AvgIpc) is 2.50.